The zero-order valence-electron chi connectivity index (χ0n) is 9.93. The highest BCUT2D eigenvalue weighted by atomic mass is 127. The van der Waals surface area contributed by atoms with E-state index in [1.807, 2.05) is 13.1 Å². The average molecular weight is 600 g/mol. The molecule has 0 radical (unpaired) electrons. The smallest absolute Gasteiger partial charge is 0.311 e. The first-order valence-electron chi connectivity index (χ1n) is 5.21. The van der Waals surface area contributed by atoms with Crippen LogP contribution in [0.3, 0.4) is 0 Å². The Labute approximate surface area is 151 Å². The molecule has 0 aromatic heterocycles. The lowest BCUT2D eigenvalue weighted by molar-refractivity contribution is -0.136. The van der Waals surface area contributed by atoms with Gasteiger partial charge in [0.15, 0.2) is 5.75 Å². The summed E-state index contributed by atoms with van der Waals surface area (Å²) in [6.07, 6.45) is -0.0163. The fourth-order valence-corrected chi connectivity index (χ4v) is 5.42. The molecule has 0 heterocycles. The fourth-order valence-electron chi connectivity index (χ4n) is 1.29. The second-order valence-corrected chi connectivity index (χ2v) is 6.95. The first-order valence-corrected chi connectivity index (χ1v) is 8.44. The highest BCUT2D eigenvalue weighted by Gasteiger charge is 2.17. The van der Waals surface area contributed by atoms with E-state index in [2.05, 4.69) is 73.1 Å². The number of hydrogen-bond acceptors (Lipinski definition) is 4. The Hall–Kier alpha value is 0.150. The Kier molecular flexibility index (Phi) is 7.07. The summed E-state index contributed by atoms with van der Waals surface area (Å²) in [5.41, 5.74) is 5.91. The summed E-state index contributed by atoms with van der Waals surface area (Å²) in [4.78, 5) is 22.3. The zero-order chi connectivity index (χ0) is 14.6. The summed E-state index contributed by atoms with van der Waals surface area (Å²) in [5, 5.41) is 3.07. The summed E-state index contributed by atoms with van der Waals surface area (Å²) in [7, 11) is 1.81. The minimum atomic E-state index is -0.514. The number of nitrogens with one attached hydrogen (secondary N) is 1. The number of ether oxygens (including phenoxy) is 1. The van der Waals surface area contributed by atoms with E-state index in [0.29, 0.717) is 5.75 Å². The number of halogens is 3. The highest BCUT2D eigenvalue weighted by molar-refractivity contribution is 14.1. The predicted octanol–water partition coefficient (Wildman–Crippen LogP) is 2.71. The van der Waals surface area contributed by atoms with Gasteiger partial charge in [-0.05, 0) is 73.8 Å². The molecule has 19 heavy (non-hydrogen) atoms. The number of primary amides is 1. The lowest BCUT2D eigenvalue weighted by Crippen LogP contribution is -2.16. The SMILES string of the molecule is CNc1c(I)cc(I)c(OC(=O)CCC(N)=O)c1I. The summed E-state index contributed by atoms with van der Waals surface area (Å²) < 4.78 is 8.05. The molecule has 8 heteroatoms. The van der Waals surface area contributed by atoms with Crippen molar-refractivity contribution < 1.29 is 14.3 Å². The standard InChI is InChI=1S/C11H11I3N2O3/c1-16-10-5(12)4-6(13)11(9(10)14)19-8(18)3-2-7(15)17/h4,16H,2-3H2,1H3,(H2,15,17). The van der Waals surface area contributed by atoms with Gasteiger partial charge in [-0.25, -0.2) is 0 Å². The van der Waals surface area contributed by atoms with Gasteiger partial charge in [0, 0.05) is 17.0 Å². The largest absolute Gasteiger partial charge is 0.424 e. The van der Waals surface area contributed by atoms with Crippen molar-refractivity contribution in [1.29, 1.82) is 0 Å². The lowest BCUT2D eigenvalue weighted by atomic mass is 10.3. The van der Waals surface area contributed by atoms with Crippen molar-refractivity contribution in [2.24, 2.45) is 5.73 Å². The number of nitrogens with two attached hydrogens (primary N) is 1. The number of carbonyl (C=O) groups is 2. The molecular formula is C11H11I3N2O3. The Morgan fingerprint density at radius 3 is 2.42 bits per heavy atom. The van der Waals surface area contributed by atoms with Crippen LogP contribution in [0.25, 0.3) is 0 Å². The first-order chi connectivity index (χ1) is 8.86. The van der Waals surface area contributed by atoms with E-state index in [1.165, 1.54) is 0 Å². The molecule has 0 bridgehead atoms. The van der Waals surface area contributed by atoms with Gasteiger partial charge in [-0.1, -0.05) is 0 Å². The Balaban J connectivity index is 2.95. The normalized spacial score (nSPS) is 10.1. The van der Waals surface area contributed by atoms with Crippen LogP contribution in [0.4, 0.5) is 5.69 Å². The third-order valence-electron chi connectivity index (χ3n) is 2.17. The predicted molar refractivity (Wildman–Crippen MR) is 98.2 cm³/mol. The van der Waals surface area contributed by atoms with Crippen LogP contribution >= 0.6 is 67.8 Å². The molecule has 0 saturated carbocycles. The monoisotopic (exact) mass is 600 g/mol. The van der Waals surface area contributed by atoms with Gasteiger partial charge in [0.2, 0.25) is 5.91 Å². The molecule has 0 aliphatic carbocycles. The van der Waals surface area contributed by atoms with Gasteiger partial charge in [-0.3, -0.25) is 9.59 Å². The topological polar surface area (TPSA) is 81.4 Å². The van der Waals surface area contributed by atoms with E-state index in [9.17, 15) is 9.59 Å². The Bertz CT molecular complexity index is 520. The van der Waals surface area contributed by atoms with Crippen LogP contribution in [0.15, 0.2) is 6.07 Å². The van der Waals surface area contributed by atoms with Crippen molar-refractivity contribution in [3.8, 4) is 5.75 Å². The van der Waals surface area contributed by atoms with Crippen LogP contribution in [0, 0.1) is 10.7 Å². The molecule has 0 unspecified atom stereocenters. The van der Waals surface area contributed by atoms with Crippen molar-refractivity contribution in [2.45, 2.75) is 12.8 Å². The molecule has 0 fully saturated rings. The number of benzene rings is 1. The van der Waals surface area contributed by atoms with E-state index >= 15 is 0 Å². The summed E-state index contributed by atoms with van der Waals surface area (Å²) in [6.45, 7) is 0. The Morgan fingerprint density at radius 1 is 1.26 bits per heavy atom. The maximum absolute atomic E-state index is 11.6. The number of hydrogen-bond donors (Lipinski definition) is 2. The van der Waals surface area contributed by atoms with Gasteiger partial charge in [0.05, 0.1) is 19.2 Å². The second kappa shape index (κ2) is 7.81. The molecule has 1 aromatic rings. The van der Waals surface area contributed by atoms with Crippen molar-refractivity contribution in [1.82, 2.24) is 0 Å². The van der Waals surface area contributed by atoms with Crippen molar-refractivity contribution in [3.63, 3.8) is 0 Å². The zero-order valence-corrected chi connectivity index (χ0v) is 16.4. The molecule has 1 amide bonds. The molecule has 0 atom stereocenters. The van der Waals surface area contributed by atoms with E-state index in [1.54, 1.807) is 0 Å². The Morgan fingerprint density at radius 2 is 1.89 bits per heavy atom. The number of anilines is 1. The fraction of sp³-hybridized carbons (Fsp3) is 0.273. The van der Waals surface area contributed by atoms with Crippen molar-refractivity contribution in [2.75, 3.05) is 12.4 Å². The summed E-state index contributed by atoms with van der Waals surface area (Å²) in [5.74, 6) is -0.460. The molecule has 5 nitrogen and oxygen atoms in total. The number of amides is 1. The van der Waals surface area contributed by atoms with Crippen LogP contribution in [0.2, 0.25) is 0 Å². The maximum Gasteiger partial charge on any atom is 0.311 e. The molecule has 1 aromatic carbocycles. The maximum atomic E-state index is 11.6. The van der Waals surface area contributed by atoms with Crippen LogP contribution in [-0.2, 0) is 9.59 Å². The molecule has 0 aliphatic heterocycles. The number of carbonyl (C=O) groups excluding carboxylic acids is 2. The lowest BCUT2D eigenvalue weighted by Gasteiger charge is -2.14. The molecule has 0 spiro atoms. The van der Waals surface area contributed by atoms with E-state index in [-0.39, 0.29) is 12.8 Å². The number of rotatable bonds is 5. The molecule has 104 valence electrons. The van der Waals surface area contributed by atoms with Gasteiger partial charge < -0.3 is 15.8 Å². The third-order valence-corrected chi connectivity index (χ3v) is 4.85. The van der Waals surface area contributed by atoms with Crippen LogP contribution in [0.5, 0.6) is 5.75 Å². The van der Waals surface area contributed by atoms with Crippen LogP contribution < -0.4 is 15.8 Å². The highest BCUT2D eigenvalue weighted by Crippen LogP contribution is 2.36. The first kappa shape index (κ1) is 17.2. The summed E-state index contributed by atoms with van der Waals surface area (Å²) in [6, 6.07) is 1.92. The third kappa shape index (κ3) is 4.88. The molecule has 0 saturated heterocycles. The van der Waals surface area contributed by atoms with Crippen LogP contribution in [0.1, 0.15) is 12.8 Å². The number of esters is 1. The van der Waals surface area contributed by atoms with Gasteiger partial charge in [0.25, 0.3) is 0 Å². The molecule has 3 N–H and O–H groups in total. The minimum absolute atomic E-state index is 0.00472. The summed E-state index contributed by atoms with van der Waals surface area (Å²) >= 11 is 6.45. The van der Waals surface area contributed by atoms with E-state index in [4.69, 9.17) is 10.5 Å². The van der Waals surface area contributed by atoms with Crippen molar-refractivity contribution >= 4 is 85.3 Å². The molecule has 1 rings (SSSR count). The second-order valence-electron chi connectivity index (χ2n) is 3.55. The van der Waals surface area contributed by atoms with Gasteiger partial charge in [-0.2, -0.15) is 0 Å². The van der Waals surface area contributed by atoms with Gasteiger partial charge in [-0.15, -0.1) is 0 Å². The molecular weight excluding hydrogens is 589 g/mol. The van der Waals surface area contributed by atoms with Gasteiger partial charge >= 0.3 is 5.97 Å². The minimum Gasteiger partial charge on any atom is -0.424 e. The van der Waals surface area contributed by atoms with Crippen molar-refractivity contribution in [3.05, 3.63) is 16.8 Å². The van der Waals surface area contributed by atoms with E-state index in [0.717, 1.165) is 16.4 Å². The average Bonchev–Trinajstić information content (AvgIpc) is 2.32. The van der Waals surface area contributed by atoms with Crippen LogP contribution in [-0.4, -0.2) is 18.9 Å². The quantitative estimate of drug-likeness (QED) is 0.310. The van der Waals surface area contributed by atoms with E-state index < -0.39 is 11.9 Å². The molecule has 0 aliphatic rings. The van der Waals surface area contributed by atoms with Gasteiger partial charge in [0.1, 0.15) is 0 Å².